The van der Waals surface area contributed by atoms with Crippen LogP contribution in [0.2, 0.25) is 0 Å². The Morgan fingerprint density at radius 1 is 0.571 bits per heavy atom. The van der Waals surface area contributed by atoms with E-state index >= 15 is 0 Å². The maximum Gasteiger partial charge on any atom is 0.335 e. The molecule has 0 heterocycles. The summed E-state index contributed by atoms with van der Waals surface area (Å²) >= 11 is 0. The second-order valence-corrected chi connectivity index (χ2v) is 6.43. The molecule has 0 atom stereocenters. The van der Waals surface area contributed by atoms with Crippen LogP contribution in [0.4, 0.5) is 0 Å². The number of aryl methyl sites for hydroxylation is 4. The van der Waals surface area contributed by atoms with E-state index in [1.807, 2.05) is 0 Å². The lowest BCUT2D eigenvalue weighted by atomic mass is 10.1. The summed E-state index contributed by atoms with van der Waals surface area (Å²) in [4.78, 5) is 20.7. The van der Waals surface area contributed by atoms with Crippen LogP contribution in [0.15, 0.2) is 72.8 Å². The monoisotopic (exact) mass is 378 g/mol. The van der Waals surface area contributed by atoms with E-state index in [9.17, 15) is 9.59 Å². The van der Waals surface area contributed by atoms with E-state index in [1.165, 1.54) is 46.5 Å². The van der Waals surface area contributed by atoms with E-state index < -0.39 is 11.9 Å². The van der Waals surface area contributed by atoms with Gasteiger partial charge in [-0.1, -0.05) is 59.7 Å². The van der Waals surface area contributed by atoms with E-state index in [-0.39, 0.29) is 11.1 Å². The molecule has 3 rings (SSSR count). The number of benzene rings is 3. The molecule has 4 nitrogen and oxygen atoms in total. The molecule has 0 radical (unpaired) electrons. The lowest BCUT2D eigenvalue weighted by Crippen LogP contribution is -1.99. The Kier molecular flexibility index (Phi) is 9.17. The molecule has 0 aliphatic carbocycles. The van der Waals surface area contributed by atoms with Crippen molar-refractivity contribution in [2.24, 2.45) is 0 Å². The molecule has 0 amide bonds. The third-order valence-electron chi connectivity index (χ3n) is 3.98. The van der Waals surface area contributed by atoms with Crippen molar-refractivity contribution in [3.05, 3.63) is 106 Å². The number of aromatic carboxylic acids is 2. The summed E-state index contributed by atoms with van der Waals surface area (Å²) in [6, 6.07) is 21.8. The third kappa shape index (κ3) is 8.32. The van der Waals surface area contributed by atoms with E-state index in [1.54, 1.807) is 0 Å². The Labute approximate surface area is 166 Å². The minimum atomic E-state index is -1.06. The van der Waals surface area contributed by atoms with Crippen LogP contribution in [-0.2, 0) is 0 Å². The molecule has 0 unspecified atom stereocenters. The van der Waals surface area contributed by atoms with E-state index in [4.69, 9.17) is 10.2 Å². The fourth-order valence-corrected chi connectivity index (χ4v) is 2.23. The SMILES string of the molecule is Cc1cccc(C)c1.Cc1ccccc1C.O=C(O)c1ccc(C(=O)O)cc1. The maximum atomic E-state index is 10.3. The van der Waals surface area contributed by atoms with E-state index in [2.05, 4.69) is 76.2 Å². The highest BCUT2D eigenvalue weighted by molar-refractivity contribution is 5.91. The molecule has 4 heteroatoms. The summed E-state index contributed by atoms with van der Waals surface area (Å²) < 4.78 is 0. The zero-order valence-corrected chi connectivity index (χ0v) is 16.6. The number of rotatable bonds is 2. The van der Waals surface area contributed by atoms with Crippen LogP contribution >= 0.6 is 0 Å². The van der Waals surface area contributed by atoms with E-state index in [0.29, 0.717) is 0 Å². The number of carbonyl (C=O) groups is 2. The van der Waals surface area contributed by atoms with Crippen molar-refractivity contribution in [1.82, 2.24) is 0 Å². The summed E-state index contributed by atoms with van der Waals surface area (Å²) in [6.07, 6.45) is 0. The van der Waals surface area contributed by atoms with Crippen LogP contribution < -0.4 is 0 Å². The van der Waals surface area contributed by atoms with Gasteiger partial charge >= 0.3 is 11.9 Å². The van der Waals surface area contributed by atoms with Crippen molar-refractivity contribution in [1.29, 1.82) is 0 Å². The molecule has 3 aromatic rings. The van der Waals surface area contributed by atoms with Crippen molar-refractivity contribution in [3.63, 3.8) is 0 Å². The van der Waals surface area contributed by atoms with Gasteiger partial charge in [0.1, 0.15) is 0 Å². The molecule has 0 aromatic heterocycles. The topological polar surface area (TPSA) is 74.6 Å². The minimum absolute atomic E-state index is 0.0833. The first-order valence-corrected chi connectivity index (χ1v) is 8.83. The van der Waals surface area contributed by atoms with Crippen LogP contribution in [0.25, 0.3) is 0 Å². The first-order valence-electron chi connectivity index (χ1n) is 8.83. The molecule has 0 aliphatic rings. The zero-order chi connectivity index (χ0) is 21.1. The molecular formula is C24H26O4. The van der Waals surface area contributed by atoms with Gasteiger partial charge in [-0.2, -0.15) is 0 Å². The lowest BCUT2D eigenvalue weighted by molar-refractivity contribution is 0.0681. The normalized spacial score (nSPS) is 9.29. The average molecular weight is 378 g/mol. The van der Waals surface area contributed by atoms with Crippen molar-refractivity contribution in [3.8, 4) is 0 Å². The second-order valence-electron chi connectivity index (χ2n) is 6.43. The van der Waals surface area contributed by atoms with Crippen molar-refractivity contribution >= 4 is 11.9 Å². The molecule has 0 bridgehead atoms. The van der Waals surface area contributed by atoms with Gasteiger partial charge in [-0.25, -0.2) is 9.59 Å². The van der Waals surface area contributed by atoms with Crippen LogP contribution in [0.3, 0.4) is 0 Å². The molecule has 0 spiro atoms. The minimum Gasteiger partial charge on any atom is -0.478 e. The molecule has 3 aromatic carbocycles. The second kappa shape index (κ2) is 11.3. The smallest absolute Gasteiger partial charge is 0.335 e. The number of carboxylic acids is 2. The Balaban J connectivity index is 0.000000217. The highest BCUT2D eigenvalue weighted by Gasteiger charge is 2.04. The van der Waals surface area contributed by atoms with Gasteiger partial charge in [0, 0.05) is 0 Å². The Bertz CT molecular complexity index is 841. The number of hydrogen-bond acceptors (Lipinski definition) is 2. The van der Waals surface area contributed by atoms with Crippen LogP contribution in [0, 0.1) is 27.7 Å². The molecule has 146 valence electrons. The van der Waals surface area contributed by atoms with Crippen LogP contribution in [0.5, 0.6) is 0 Å². The number of carboxylic acid groups (broad SMARTS) is 2. The lowest BCUT2D eigenvalue weighted by Gasteiger charge is -1.94. The zero-order valence-electron chi connectivity index (χ0n) is 16.6. The van der Waals surface area contributed by atoms with Crippen molar-refractivity contribution in [2.75, 3.05) is 0 Å². The first kappa shape index (κ1) is 22.6. The Hall–Kier alpha value is -3.40. The summed E-state index contributed by atoms with van der Waals surface area (Å²) in [5.41, 5.74) is 5.58. The van der Waals surface area contributed by atoms with E-state index in [0.717, 1.165) is 0 Å². The molecule has 0 saturated carbocycles. The maximum absolute atomic E-state index is 10.3. The van der Waals surface area contributed by atoms with Gasteiger partial charge in [-0.15, -0.1) is 0 Å². The Morgan fingerprint density at radius 3 is 1.14 bits per heavy atom. The summed E-state index contributed by atoms with van der Waals surface area (Å²) in [5.74, 6) is -2.13. The average Bonchev–Trinajstić information content (AvgIpc) is 2.65. The highest BCUT2D eigenvalue weighted by Crippen LogP contribution is 2.04. The standard InChI is InChI=1S/C8H6O4.2C8H10/c9-7(10)5-1-2-6(4-3-5)8(11)12;1-7-4-3-5-8(2)6-7;1-7-5-3-4-6-8(7)2/h1-4H,(H,9,10)(H,11,12);2*3-6H,1-2H3. The molecular weight excluding hydrogens is 352 g/mol. The van der Waals surface area contributed by atoms with Gasteiger partial charge in [0.15, 0.2) is 0 Å². The fourth-order valence-electron chi connectivity index (χ4n) is 2.23. The van der Waals surface area contributed by atoms with Crippen molar-refractivity contribution < 1.29 is 19.8 Å². The van der Waals surface area contributed by atoms with Gasteiger partial charge in [0.25, 0.3) is 0 Å². The summed E-state index contributed by atoms with van der Waals surface area (Å²) in [6.45, 7) is 8.45. The molecule has 2 N–H and O–H groups in total. The fraction of sp³-hybridized carbons (Fsp3) is 0.167. The van der Waals surface area contributed by atoms with Gasteiger partial charge in [-0.3, -0.25) is 0 Å². The molecule has 28 heavy (non-hydrogen) atoms. The van der Waals surface area contributed by atoms with Gasteiger partial charge in [0.2, 0.25) is 0 Å². The predicted molar refractivity (Wildman–Crippen MR) is 112 cm³/mol. The molecule has 0 aliphatic heterocycles. The van der Waals surface area contributed by atoms with Crippen LogP contribution in [0.1, 0.15) is 43.0 Å². The van der Waals surface area contributed by atoms with Gasteiger partial charge < -0.3 is 10.2 Å². The number of hydrogen-bond donors (Lipinski definition) is 2. The van der Waals surface area contributed by atoms with Gasteiger partial charge in [-0.05, 0) is 63.1 Å². The first-order chi connectivity index (χ1) is 13.2. The van der Waals surface area contributed by atoms with Gasteiger partial charge in [0.05, 0.1) is 11.1 Å². The molecule has 0 saturated heterocycles. The third-order valence-corrected chi connectivity index (χ3v) is 3.98. The quantitative estimate of drug-likeness (QED) is 0.601. The predicted octanol–water partition coefficient (Wildman–Crippen LogP) is 5.69. The van der Waals surface area contributed by atoms with Crippen LogP contribution in [-0.4, -0.2) is 22.2 Å². The van der Waals surface area contributed by atoms with Crippen molar-refractivity contribution in [2.45, 2.75) is 27.7 Å². The Morgan fingerprint density at radius 2 is 0.929 bits per heavy atom. The molecule has 0 fully saturated rings. The summed E-state index contributed by atoms with van der Waals surface area (Å²) in [5, 5.41) is 16.9. The summed E-state index contributed by atoms with van der Waals surface area (Å²) in [7, 11) is 0. The largest absolute Gasteiger partial charge is 0.478 e. The highest BCUT2D eigenvalue weighted by atomic mass is 16.4.